The molecule has 1 aromatic carbocycles. The molecule has 0 N–H and O–H groups in total. The third kappa shape index (κ3) is 2.01. The molecule has 3 aromatic rings. The molecular weight excluding hydrogens is 292 g/mol. The van der Waals surface area contributed by atoms with Crippen LogP contribution in [0.5, 0.6) is 0 Å². The van der Waals surface area contributed by atoms with E-state index in [9.17, 15) is 0 Å². The Balaban J connectivity index is 1.96. The zero-order chi connectivity index (χ0) is 15.8. The standard InChI is InChI=1S/C16H14N6O/c1-3-9-23-21-14-11-8-6-5-7-10(11)13-15(14)20-22-12(4-2)18-19-16(22)17-13/h3,5-8H,1,4,9H2,2H3/b21-14+. The van der Waals surface area contributed by atoms with Crippen LogP contribution < -0.4 is 0 Å². The van der Waals surface area contributed by atoms with Gasteiger partial charge in [-0.25, -0.2) is 4.98 Å². The average molecular weight is 306 g/mol. The molecule has 114 valence electrons. The fourth-order valence-electron chi connectivity index (χ4n) is 2.61. The topological polar surface area (TPSA) is 77.6 Å². The minimum absolute atomic E-state index is 0.337. The number of oxime groups is 1. The van der Waals surface area contributed by atoms with Crippen molar-refractivity contribution in [1.82, 2.24) is 24.8 Å². The minimum Gasteiger partial charge on any atom is -0.391 e. The van der Waals surface area contributed by atoms with Crippen molar-refractivity contribution in [2.45, 2.75) is 13.3 Å². The Morgan fingerprint density at radius 2 is 2.04 bits per heavy atom. The van der Waals surface area contributed by atoms with E-state index in [4.69, 9.17) is 4.84 Å². The first-order valence-electron chi connectivity index (χ1n) is 7.36. The first kappa shape index (κ1) is 13.6. The Labute approximate surface area is 132 Å². The smallest absolute Gasteiger partial charge is 0.272 e. The lowest BCUT2D eigenvalue weighted by atomic mass is 10.1. The molecule has 1 aliphatic carbocycles. The van der Waals surface area contributed by atoms with E-state index < -0.39 is 0 Å². The SMILES string of the molecule is C=CCO/N=C1\c2ccccc2-c2nc3nnc(CC)n3nc21. The largest absolute Gasteiger partial charge is 0.391 e. The summed E-state index contributed by atoms with van der Waals surface area (Å²) in [6, 6.07) is 7.89. The van der Waals surface area contributed by atoms with E-state index in [2.05, 4.69) is 32.0 Å². The number of benzene rings is 1. The molecule has 0 unspecified atom stereocenters. The van der Waals surface area contributed by atoms with Crippen molar-refractivity contribution in [3.05, 3.63) is 54.0 Å². The molecule has 1 aliphatic rings. The highest BCUT2D eigenvalue weighted by atomic mass is 16.6. The average Bonchev–Trinajstić information content (AvgIpc) is 3.12. The first-order valence-corrected chi connectivity index (χ1v) is 7.36. The highest BCUT2D eigenvalue weighted by Crippen LogP contribution is 2.34. The van der Waals surface area contributed by atoms with Gasteiger partial charge < -0.3 is 4.84 Å². The number of aryl methyl sites for hydroxylation is 1. The maximum atomic E-state index is 5.29. The minimum atomic E-state index is 0.337. The predicted molar refractivity (Wildman–Crippen MR) is 85.2 cm³/mol. The summed E-state index contributed by atoms with van der Waals surface area (Å²) in [5.74, 6) is 1.25. The molecule has 0 bridgehead atoms. The molecule has 0 amide bonds. The molecule has 4 rings (SSSR count). The van der Waals surface area contributed by atoms with Gasteiger partial charge in [-0.15, -0.1) is 10.2 Å². The van der Waals surface area contributed by atoms with E-state index in [1.165, 1.54) is 0 Å². The van der Waals surface area contributed by atoms with Crippen LogP contribution in [0.4, 0.5) is 0 Å². The third-order valence-electron chi connectivity index (χ3n) is 3.65. The number of aromatic nitrogens is 5. The Hall–Kier alpha value is -3.09. The normalized spacial score (nSPS) is 14.0. The molecule has 23 heavy (non-hydrogen) atoms. The molecular formula is C16H14N6O. The van der Waals surface area contributed by atoms with Crippen molar-refractivity contribution in [3.8, 4) is 11.3 Å². The van der Waals surface area contributed by atoms with Gasteiger partial charge in [0.2, 0.25) is 0 Å². The summed E-state index contributed by atoms with van der Waals surface area (Å²) < 4.78 is 1.66. The van der Waals surface area contributed by atoms with Gasteiger partial charge >= 0.3 is 0 Å². The summed E-state index contributed by atoms with van der Waals surface area (Å²) in [6.45, 7) is 5.97. The highest BCUT2D eigenvalue weighted by Gasteiger charge is 2.30. The van der Waals surface area contributed by atoms with Crippen LogP contribution in [0.3, 0.4) is 0 Å². The van der Waals surface area contributed by atoms with E-state index in [1.54, 1.807) is 10.6 Å². The Morgan fingerprint density at radius 3 is 2.83 bits per heavy atom. The molecule has 0 fully saturated rings. The van der Waals surface area contributed by atoms with Crippen LogP contribution >= 0.6 is 0 Å². The molecule has 0 radical (unpaired) electrons. The first-order chi connectivity index (χ1) is 11.3. The van der Waals surface area contributed by atoms with Crippen LogP contribution in [-0.2, 0) is 11.3 Å². The molecule has 2 heterocycles. The van der Waals surface area contributed by atoms with Crippen molar-refractivity contribution in [3.63, 3.8) is 0 Å². The van der Waals surface area contributed by atoms with Crippen LogP contribution in [0.15, 0.2) is 42.1 Å². The van der Waals surface area contributed by atoms with Gasteiger partial charge in [0.05, 0.1) is 0 Å². The molecule has 7 nitrogen and oxygen atoms in total. The number of hydrogen-bond donors (Lipinski definition) is 0. The lowest BCUT2D eigenvalue weighted by Crippen LogP contribution is -2.08. The van der Waals surface area contributed by atoms with Crippen LogP contribution in [0.1, 0.15) is 24.0 Å². The number of rotatable bonds is 4. The molecule has 0 saturated carbocycles. The van der Waals surface area contributed by atoms with Gasteiger partial charge in [-0.3, -0.25) is 0 Å². The summed E-state index contributed by atoms with van der Waals surface area (Å²) in [5.41, 5.74) is 4.02. The lowest BCUT2D eigenvalue weighted by molar-refractivity contribution is 0.175. The fraction of sp³-hybridized carbons (Fsp3) is 0.188. The maximum absolute atomic E-state index is 5.29. The maximum Gasteiger partial charge on any atom is 0.272 e. The quantitative estimate of drug-likeness (QED) is 0.327. The second-order valence-electron chi connectivity index (χ2n) is 5.06. The Morgan fingerprint density at radius 1 is 1.22 bits per heavy atom. The number of hydrogen-bond acceptors (Lipinski definition) is 6. The molecule has 0 aliphatic heterocycles. The zero-order valence-electron chi connectivity index (χ0n) is 12.6. The zero-order valence-corrected chi connectivity index (χ0v) is 12.6. The van der Waals surface area contributed by atoms with Crippen molar-refractivity contribution in [2.24, 2.45) is 5.16 Å². The highest BCUT2D eigenvalue weighted by molar-refractivity contribution is 6.22. The van der Waals surface area contributed by atoms with Crippen LogP contribution in [0.25, 0.3) is 17.0 Å². The van der Waals surface area contributed by atoms with Crippen LogP contribution in [0.2, 0.25) is 0 Å². The Bertz CT molecular complexity index is 943. The van der Waals surface area contributed by atoms with Gasteiger partial charge in [-0.1, -0.05) is 49.0 Å². The van der Waals surface area contributed by atoms with Crippen LogP contribution in [-0.4, -0.2) is 37.1 Å². The molecule has 2 aromatic heterocycles. The van der Waals surface area contributed by atoms with Gasteiger partial charge in [0, 0.05) is 17.5 Å². The lowest BCUT2D eigenvalue weighted by Gasteiger charge is -2.01. The van der Waals surface area contributed by atoms with E-state index in [0.29, 0.717) is 23.8 Å². The number of nitrogens with zero attached hydrogens (tertiary/aromatic N) is 6. The summed E-state index contributed by atoms with van der Waals surface area (Å²) in [5, 5.41) is 17.1. The van der Waals surface area contributed by atoms with Crippen molar-refractivity contribution in [1.29, 1.82) is 0 Å². The van der Waals surface area contributed by atoms with Gasteiger partial charge in [0.1, 0.15) is 23.7 Å². The summed E-state index contributed by atoms with van der Waals surface area (Å²) in [6.07, 6.45) is 2.37. The third-order valence-corrected chi connectivity index (χ3v) is 3.65. The van der Waals surface area contributed by atoms with Gasteiger partial charge in [0.25, 0.3) is 5.78 Å². The van der Waals surface area contributed by atoms with Crippen LogP contribution in [0, 0.1) is 0 Å². The second kappa shape index (κ2) is 5.28. The van der Waals surface area contributed by atoms with E-state index in [-0.39, 0.29) is 0 Å². The monoisotopic (exact) mass is 306 g/mol. The molecule has 7 heteroatoms. The number of fused-ring (bicyclic) bond motifs is 4. The van der Waals surface area contributed by atoms with Gasteiger partial charge in [0.15, 0.2) is 5.82 Å². The Kier molecular flexibility index (Phi) is 3.11. The fourth-order valence-corrected chi connectivity index (χ4v) is 2.61. The van der Waals surface area contributed by atoms with E-state index in [0.717, 1.165) is 29.1 Å². The summed E-state index contributed by atoms with van der Waals surface area (Å²) in [4.78, 5) is 9.91. The van der Waals surface area contributed by atoms with Gasteiger partial charge in [-0.2, -0.15) is 9.61 Å². The predicted octanol–water partition coefficient (Wildman–Crippen LogP) is 2.02. The molecule has 0 atom stereocenters. The van der Waals surface area contributed by atoms with Crippen molar-refractivity contribution in [2.75, 3.05) is 6.61 Å². The summed E-state index contributed by atoms with van der Waals surface area (Å²) >= 11 is 0. The van der Waals surface area contributed by atoms with Gasteiger partial charge in [-0.05, 0) is 0 Å². The molecule has 0 spiro atoms. The van der Waals surface area contributed by atoms with Crippen molar-refractivity contribution < 1.29 is 4.84 Å². The van der Waals surface area contributed by atoms with Crippen molar-refractivity contribution >= 4 is 11.5 Å². The second-order valence-corrected chi connectivity index (χ2v) is 5.06. The van der Waals surface area contributed by atoms with E-state index >= 15 is 0 Å². The molecule has 0 saturated heterocycles. The van der Waals surface area contributed by atoms with E-state index in [1.807, 2.05) is 31.2 Å². The summed E-state index contributed by atoms with van der Waals surface area (Å²) in [7, 11) is 0.